The third kappa shape index (κ3) is 3.28. The molecule has 6 heteroatoms. The van der Waals surface area contributed by atoms with E-state index >= 15 is 0 Å². The van der Waals surface area contributed by atoms with E-state index in [1.165, 1.54) is 11.9 Å². The van der Waals surface area contributed by atoms with Gasteiger partial charge in [-0.3, -0.25) is 9.79 Å². The van der Waals surface area contributed by atoms with Gasteiger partial charge < -0.3 is 9.72 Å². The molecule has 126 valence electrons. The number of carbonyl (C=O) groups is 1. The van der Waals surface area contributed by atoms with E-state index in [1.807, 2.05) is 24.4 Å². The van der Waals surface area contributed by atoms with Crippen molar-refractivity contribution in [3.63, 3.8) is 0 Å². The Morgan fingerprint density at radius 3 is 2.88 bits per heavy atom. The quantitative estimate of drug-likeness (QED) is 0.778. The van der Waals surface area contributed by atoms with Crippen molar-refractivity contribution in [2.75, 3.05) is 13.2 Å². The Balaban J connectivity index is 1.59. The average molecular weight is 334 g/mol. The molecule has 0 spiro atoms. The predicted octanol–water partition coefficient (Wildman–Crippen LogP) is 2.73. The minimum absolute atomic E-state index is 0.211. The number of rotatable bonds is 5. The van der Waals surface area contributed by atoms with Crippen LogP contribution in [0.3, 0.4) is 0 Å². The van der Waals surface area contributed by atoms with Gasteiger partial charge in [-0.2, -0.15) is 0 Å². The molecule has 0 bridgehead atoms. The van der Waals surface area contributed by atoms with Crippen molar-refractivity contribution in [2.45, 2.75) is 19.3 Å². The van der Waals surface area contributed by atoms with Crippen LogP contribution >= 0.6 is 0 Å². The number of nitrogens with one attached hydrogen (secondary N) is 1. The normalized spacial score (nSPS) is 14.6. The maximum Gasteiger partial charge on any atom is 0.226 e. The first kappa shape index (κ1) is 15.5. The van der Waals surface area contributed by atoms with Crippen molar-refractivity contribution in [3.8, 4) is 5.88 Å². The number of nitrogens with zero attached hydrogens (tertiary/aromatic N) is 3. The van der Waals surface area contributed by atoms with Crippen LogP contribution in [0.1, 0.15) is 24.0 Å². The molecule has 4 rings (SSSR count). The summed E-state index contributed by atoms with van der Waals surface area (Å²) in [6.45, 7) is 1.06. The molecule has 6 nitrogen and oxygen atoms in total. The molecule has 0 atom stereocenters. The lowest BCUT2D eigenvalue weighted by molar-refractivity contribution is -0.117. The Morgan fingerprint density at radius 1 is 1.16 bits per heavy atom. The Hall–Kier alpha value is -3.02. The Labute approximate surface area is 145 Å². The molecule has 0 aliphatic carbocycles. The van der Waals surface area contributed by atoms with Crippen molar-refractivity contribution >= 4 is 22.5 Å². The summed E-state index contributed by atoms with van der Waals surface area (Å²) in [6.07, 6.45) is 4.98. The predicted molar refractivity (Wildman–Crippen MR) is 95.2 cm³/mol. The van der Waals surface area contributed by atoms with Gasteiger partial charge in [0.25, 0.3) is 0 Å². The Bertz CT molecular complexity index is 931. The summed E-state index contributed by atoms with van der Waals surface area (Å²) < 4.78 is 5.93. The minimum atomic E-state index is 0.211. The zero-order valence-electron chi connectivity index (χ0n) is 13.7. The highest BCUT2D eigenvalue weighted by atomic mass is 16.5. The summed E-state index contributed by atoms with van der Waals surface area (Å²) in [7, 11) is 0. The zero-order chi connectivity index (χ0) is 17.1. The fraction of sp³-hybridized carbons (Fsp3) is 0.263. The number of ether oxygens (including phenoxy) is 1. The number of fused-ring (bicyclic) bond motifs is 1. The maximum absolute atomic E-state index is 11.8. The number of carbonyl (C=O) groups excluding carboxylic acids is 1. The Kier molecular flexibility index (Phi) is 4.24. The molecule has 1 aliphatic rings. The summed E-state index contributed by atoms with van der Waals surface area (Å²) in [6, 6.07) is 10.2. The number of H-pyrrole nitrogens is 1. The van der Waals surface area contributed by atoms with Gasteiger partial charge in [-0.15, -0.1) is 0 Å². The summed E-state index contributed by atoms with van der Waals surface area (Å²) in [5.41, 5.74) is 3.55. The van der Waals surface area contributed by atoms with Gasteiger partial charge >= 0.3 is 0 Å². The summed E-state index contributed by atoms with van der Waals surface area (Å²) in [5.74, 6) is 0.737. The maximum atomic E-state index is 11.8. The van der Waals surface area contributed by atoms with Crippen LogP contribution < -0.4 is 4.74 Å². The first-order valence-corrected chi connectivity index (χ1v) is 8.35. The Morgan fingerprint density at radius 2 is 2.04 bits per heavy atom. The van der Waals surface area contributed by atoms with E-state index in [0.717, 1.165) is 23.1 Å². The van der Waals surface area contributed by atoms with Crippen molar-refractivity contribution in [1.82, 2.24) is 15.0 Å². The van der Waals surface area contributed by atoms with Gasteiger partial charge in [-0.25, -0.2) is 9.97 Å². The number of hydrogen-bond donors (Lipinski definition) is 1. The fourth-order valence-corrected chi connectivity index (χ4v) is 3.01. The van der Waals surface area contributed by atoms with E-state index in [1.54, 1.807) is 0 Å². The van der Waals surface area contributed by atoms with Crippen molar-refractivity contribution in [1.29, 1.82) is 0 Å². The molecule has 0 saturated heterocycles. The van der Waals surface area contributed by atoms with E-state index in [-0.39, 0.29) is 5.78 Å². The second-order valence-electron chi connectivity index (χ2n) is 5.98. The van der Waals surface area contributed by atoms with Crippen LogP contribution in [0.5, 0.6) is 5.88 Å². The van der Waals surface area contributed by atoms with Gasteiger partial charge in [-0.05, 0) is 5.56 Å². The number of hydrogen-bond acceptors (Lipinski definition) is 5. The molecule has 1 aromatic carbocycles. The number of aromatic nitrogens is 3. The number of Topliss-reactive ketones (excluding diaryl/α,β-unsaturated/α-hetero) is 1. The third-order valence-corrected chi connectivity index (χ3v) is 4.28. The lowest BCUT2D eigenvalue weighted by Gasteiger charge is -2.12. The molecule has 0 fully saturated rings. The first-order chi connectivity index (χ1) is 12.3. The van der Waals surface area contributed by atoms with E-state index in [9.17, 15) is 4.79 Å². The van der Waals surface area contributed by atoms with Gasteiger partial charge in [0.15, 0.2) is 0 Å². The lowest BCUT2D eigenvalue weighted by Crippen LogP contribution is -2.16. The summed E-state index contributed by atoms with van der Waals surface area (Å²) in [4.78, 5) is 27.9. The van der Waals surface area contributed by atoms with Crippen LogP contribution in [0.2, 0.25) is 0 Å². The molecule has 0 saturated carbocycles. The average Bonchev–Trinajstić information content (AvgIpc) is 3.08. The molecule has 25 heavy (non-hydrogen) atoms. The monoisotopic (exact) mass is 334 g/mol. The highest BCUT2D eigenvalue weighted by Crippen LogP contribution is 2.27. The van der Waals surface area contributed by atoms with Gasteiger partial charge in [0.2, 0.25) is 5.88 Å². The minimum Gasteiger partial charge on any atom is -0.477 e. The molecule has 0 radical (unpaired) electrons. The van der Waals surface area contributed by atoms with Crippen LogP contribution in [0.4, 0.5) is 0 Å². The number of benzene rings is 1. The molecular weight excluding hydrogens is 316 g/mol. The van der Waals surface area contributed by atoms with E-state index in [2.05, 4.69) is 32.1 Å². The van der Waals surface area contributed by atoms with Crippen molar-refractivity contribution in [3.05, 3.63) is 54.0 Å². The SMILES string of the molecule is O=C1CCN=C(c2c[nH]c3ncnc(OCCc4ccccc4)c23)C1. The number of aliphatic imine (C=N–C) groups is 1. The number of aromatic amines is 1. The molecular formula is C19H18N4O2. The number of ketones is 1. The largest absolute Gasteiger partial charge is 0.477 e. The first-order valence-electron chi connectivity index (χ1n) is 8.35. The van der Waals surface area contributed by atoms with Gasteiger partial charge in [-0.1, -0.05) is 30.3 Å². The molecule has 2 aromatic heterocycles. The van der Waals surface area contributed by atoms with E-state index < -0.39 is 0 Å². The topological polar surface area (TPSA) is 80.2 Å². The second kappa shape index (κ2) is 6.84. The highest BCUT2D eigenvalue weighted by Gasteiger charge is 2.20. The standard InChI is InChI=1S/C19H18N4O2/c24-14-6-8-20-16(10-14)15-11-21-18-17(15)19(23-12-22-18)25-9-7-13-4-2-1-3-5-13/h1-5,11-12H,6-10H2,(H,21,22,23). The van der Waals surface area contributed by atoms with Gasteiger partial charge in [0, 0.05) is 37.6 Å². The van der Waals surface area contributed by atoms with Crippen LogP contribution in [0.25, 0.3) is 11.0 Å². The summed E-state index contributed by atoms with van der Waals surface area (Å²) in [5, 5.41) is 0.795. The van der Waals surface area contributed by atoms with Crippen LogP contribution in [-0.2, 0) is 11.2 Å². The molecule has 0 amide bonds. The molecule has 1 aliphatic heterocycles. The molecule has 3 aromatic rings. The van der Waals surface area contributed by atoms with E-state index in [4.69, 9.17) is 4.74 Å². The van der Waals surface area contributed by atoms with Crippen LogP contribution in [-0.4, -0.2) is 39.6 Å². The smallest absolute Gasteiger partial charge is 0.226 e. The third-order valence-electron chi connectivity index (χ3n) is 4.28. The van der Waals surface area contributed by atoms with Crippen LogP contribution in [0, 0.1) is 0 Å². The summed E-state index contributed by atoms with van der Waals surface area (Å²) >= 11 is 0. The van der Waals surface area contributed by atoms with Crippen molar-refractivity contribution < 1.29 is 9.53 Å². The fourth-order valence-electron chi connectivity index (χ4n) is 3.01. The lowest BCUT2D eigenvalue weighted by atomic mass is 10.0. The van der Waals surface area contributed by atoms with E-state index in [0.29, 0.717) is 37.5 Å². The molecule has 0 unspecified atom stereocenters. The van der Waals surface area contributed by atoms with Crippen LogP contribution in [0.15, 0.2) is 47.8 Å². The van der Waals surface area contributed by atoms with Crippen molar-refractivity contribution in [2.24, 2.45) is 4.99 Å². The zero-order valence-corrected chi connectivity index (χ0v) is 13.7. The van der Waals surface area contributed by atoms with Gasteiger partial charge in [0.1, 0.15) is 17.8 Å². The molecule has 3 heterocycles. The van der Waals surface area contributed by atoms with Gasteiger partial charge in [0.05, 0.1) is 17.7 Å². The second-order valence-corrected chi connectivity index (χ2v) is 5.98. The highest BCUT2D eigenvalue weighted by molar-refractivity contribution is 6.18. The molecule has 1 N–H and O–H groups in total.